The number of alkyl halides is 2. The van der Waals surface area contributed by atoms with Crippen LogP contribution in [0.5, 0.6) is 0 Å². The van der Waals surface area contributed by atoms with Gasteiger partial charge in [-0.05, 0) is 12.8 Å². The van der Waals surface area contributed by atoms with Crippen molar-refractivity contribution in [1.29, 1.82) is 0 Å². The van der Waals surface area contributed by atoms with Crippen LogP contribution in [0.4, 0.5) is 8.78 Å². The van der Waals surface area contributed by atoms with Gasteiger partial charge in [0.25, 0.3) is 0 Å². The Kier molecular flexibility index (Phi) is 7.88. The number of esters is 1. The predicted molar refractivity (Wildman–Crippen MR) is 56.3 cm³/mol. The van der Waals surface area contributed by atoms with Gasteiger partial charge < -0.3 is 10.5 Å². The molecular weight excluding hydrogens is 228 g/mol. The highest BCUT2D eigenvalue weighted by molar-refractivity contribution is 5.85. The van der Waals surface area contributed by atoms with E-state index in [-0.39, 0.29) is 24.9 Å². The molecule has 15 heavy (non-hydrogen) atoms. The van der Waals surface area contributed by atoms with Crippen molar-refractivity contribution < 1.29 is 18.3 Å². The van der Waals surface area contributed by atoms with Crippen LogP contribution in [0.25, 0.3) is 0 Å². The van der Waals surface area contributed by atoms with E-state index in [1.54, 1.807) is 13.8 Å². The van der Waals surface area contributed by atoms with Crippen molar-refractivity contribution >= 4 is 18.4 Å². The van der Waals surface area contributed by atoms with Crippen molar-refractivity contribution in [2.45, 2.75) is 39.2 Å². The molecule has 0 saturated heterocycles. The molecule has 1 unspecified atom stereocenters. The van der Waals surface area contributed by atoms with E-state index in [0.717, 1.165) is 0 Å². The zero-order chi connectivity index (χ0) is 11.4. The van der Waals surface area contributed by atoms with Crippen LogP contribution in [-0.4, -0.2) is 24.5 Å². The minimum atomic E-state index is -3.47. The molecule has 2 N–H and O–H groups in total. The fraction of sp³-hybridized carbons (Fsp3) is 0.889. The van der Waals surface area contributed by atoms with Crippen LogP contribution >= 0.6 is 12.4 Å². The minimum absolute atomic E-state index is 0. The number of carbonyl (C=O) groups is 1. The zero-order valence-corrected chi connectivity index (χ0v) is 9.94. The van der Waals surface area contributed by atoms with Crippen LogP contribution in [-0.2, 0) is 9.53 Å². The van der Waals surface area contributed by atoms with Crippen LogP contribution < -0.4 is 5.73 Å². The van der Waals surface area contributed by atoms with Crippen molar-refractivity contribution in [3.05, 3.63) is 0 Å². The Labute approximate surface area is 94.8 Å². The van der Waals surface area contributed by atoms with E-state index in [1.165, 1.54) is 6.92 Å². The average molecular weight is 246 g/mol. The van der Waals surface area contributed by atoms with Crippen molar-refractivity contribution in [1.82, 2.24) is 0 Å². The summed E-state index contributed by atoms with van der Waals surface area (Å²) in [7, 11) is 0. The molecule has 0 saturated carbocycles. The van der Waals surface area contributed by atoms with Gasteiger partial charge in [-0.1, -0.05) is 13.8 Å². The summed E-state index contributed by atoms with van der Waals surface area (Å²) in [4.78, 5) is 10.8. The molecule has 6 heteroatoms. The van der Waals surface area contributed by atoms with E-state index >= 15 is 0 Å². The number of hydrogen-bond donors (Lipinski definition) is 1. The molecule has 92 valence electrons. The van der Waals surface area contributed by atoms with E-state index in [4.69, 9.17) is 5.73 Å². The summed E-state index contributed by atoms with van der Waals surface area (Å²) in [6, 6.07) is -0.700. The van der Waals surface area contributed by atoms with Gasteiger partial charge in [-0.3, -0.25) is 0 Å². The zero-order valence-electron chi connectivity index (χ0n) is 9.13. The number of hydrogen-bond acceptors (Lipinski definition) is 3. The number of rotatable bonds is 5. The van der Waals surface area contributed by atoms with Gasteiger partial charge >= 0.3 is 11.9 Å². The number of nitrogens with two attached hydrogens (primary N) is 1. The third kappa shape index (κ3) is 5.89. The molecule has 0 aliphatic rings. The molecule has 0 aromatic carbocycles. The topological polar surface area (TPSA) is 52.3 Å². The summed E-state index contributed by atoms with van der Waals surface area (Å²) < 4.78 is 30.4. The van der Waals surface area contributed by atoms with Crippen LogP contribution in [0.15, 0.2) is 0 Å². The summed E-state index contributed by atoms with van der Waals surface area (Å²) in [5.74, 6) is -5.05. The third-order valence-electron chi connectivity index (χ3n) is 1.92. The molecule has 1 atom stereocenters. The quantitative estimate of drug-likeness (QED) is 0.754. The fourth-order valence-corrected chi connectivity index (χ4v) is 0.852. The van der Waals surface area contributed by atoms with Crippen molar-refractivity contribution in [2.75, 3.05) is 6.61 Å². The minimum Gasteiger partial charge on any atom is -0.462 e. The van der Waals surface area contributed by atoms with Crippen LogP contribution in [0.3, 0.4) is 0 Å². The predicted octanol–water partition coefficient (Wildman–Crippen LogP) is 1.98. The molecule has 0 aliphatic heterocycles. The van der Waals surface area contributed by atoms with E-state index < -0.39 is 24.4 Å². The van der Waals surface area contributed by atoms with Gasteiger partial charge in [0, 0.05) is 12.5 Å². The number of halogens is 3. The number of carbonyl (C=O) groups excluding carboxylic acids is 1. The summed E-state index contributed by atoms with van der Waals surface area (Å²) in [5.41, 5.74) is 5.45. The summed E-state index contributed by atoms with van der Waals surface area (Å²) in [6.07, 6.45) is -0.663. The first-order valence-electron chi connectivity index (χ1n) is 4.62. The Hall–Kier alpha value is -0.420. The Morgan fingerprint density at radius 2 is 1.93 bits per heavy atom. The normalized spacial score (nSPS) is 13.3. The molecule has 0 aromatic rings. The second-order valence-electron chi connectivity index (χ2n) is 3.54. The second-order valence-corrected chi connectivity index (χ2v) is 3.54. The van der Waals surface area contributed by atoms with E-state index in [1.807, 2.05) is 0 Å². The first-order valence-corrected chi connectivity index (χ1v) is 4.62. The Balaban J connectivity index is 0. The lowest BCUT2D eigenvalue weighted by Gasteiger charge is -2.21. The maximum absolute atomic E-state index is 13.1. The summed E-state index contributed by atoms with van der Waals surface area (Å²) >= 11 is 0. The molecule has 3 nitrogen and oxygen atoms in total. The molecule has 0 bridgehead atoms. The third-order valence-corrected chi connectivity index (χ3v) is 1.92. The lowest BCUT2D eigenvalue weighted by molar-refractivity contribution is -0.173. The number of ether oxygens (including phenoxy) is 1. The highest BCUT2D eigenvalue weighted by Crippen LogP contribution is 2.23. The highest BCUT2D eigenvalue weighted by atomic mass is 35.5. The van der Waals surface area contributed by atoms with Crippen LogP contribution in [0.2, 0.25) is 0 Å². The van der Waals surface area contributed by atoms with Crippen molar-refractivity contribution in [2.24, 2.45) is 11.7 Å². The van der Waals surface area contributed by atoms with Gasteiger partial charge in [-0.2, -0.15) is 8.78 Å². The van der Waals surface area contributed by atoms with Crippen LogP contribution in [0, 0.1) is 5.92 Å². The molecule has 0 aliphatic carbocycles. The SMILES string of the molecule is CCOC(=O)C(F)(F)CC(N)C(C)C.Cl. The molecule has 0 fully saturated rings. The van der Waals surface area contributed by atoms with Crippen molar-refractivity contribution in [3.8, 4) is 0 Å². The summed E-state index contributed by atoms with van der Waals surface area (Å²) in [6.45, 7) is 4.89. The lowest BCUT2D eigenvalue weighted by atomic mass is 9.98. The molecular formula is C9H18ClF2NO2. The molecule has 0 spiro atoms. The van der Waals surface area contributed by atoms with Crippen molar-refractivity contribution in [3.63, 3.8) is 0 Å². The molecule has 0 amide bonds. The van der Waals surface area contributed by atoms with E-state index in [0.29, 0.717) is 0 Å². The molecule has 0 radical (unpaired) electrons. The maximum atomic E-state index is 13.1. The summed E-state index contributed by atoms with van der Waals surface area (Å²) in [5, 5.41) is 0. The molecule has 0 rings (SSSR count). The van der Waals surface area contributed by atoms with Gasteiger partial charge in [-0.25, -0.2) is 4.79 Å². The molecule has 0 aromatic heterocycles. The Bertz CT molecular complexity index is 201. The maximum Gasteiger partial charge on any atom is 0.377 e. The van der Waals surface area contributed by atoms with E-state index in [9.17, 15) is 13.6 Å². The largest absolute Gasteiger partial charge is 0.462 e. The first kappa shape index (κ1) is 17.0. The van der Waals surface area contributed by atoms with Gasteiger partial charge in [0.2, 0.25) is 0 Å². The van der Waals surface area contributed by atoms with Crippen LogP contribution in [0.1, 0.15) is 27.2 Å². The monoisotopic (exact) mass is 245 g/mol. The van der Waals surface area contributed by atoms with Gasteiger partial charge in [0.1, 0.15) is 0 Å². The van der Waals surface area contributed by atoms with Gasteiger partial charge in [-0.15, -0.1) is 12.4 Å². The molecule has 0 heterocycles. The Morgan fingerprint density at radius 3 is 2.27 bits per heavy atom. The standard InChI is InChI=1S/C9H17F2NO2.ClH/c1-4-14-8(13)9(10,11)5-7(12)6(2)3;/h6-7H,4-5,12H2,1-3H3;1H. The smallest absolute Gasteiger partial charge is 0.377 e. The lowest BCUT2D eigenvalue weighted by Crippen LogP contribution is -2.40. The van der Waals surface area contributed by atoms with Gasteiger partial charge in [0.05, 0.1) is 6.61 Å². The average Bonchev–Trinajstić information content (AvgIpc) is 2.03. The first-order chi connectivity index (χ1) is 6.31. The highest BCUT2D eigenvalue weighted by Gasteiger charge is 2.42. The fourth-order valence-electron chi connectivity index (χ4n) is 0.852. The Morgan fingerprint density at radius 1 is 1.47 bits per heavy atom. The van der Waals surface area contributed by atoms with E-state index in [2.05, 4.69) is 4.74 Å². The second kappa shape index (κ2) is 6.95. The van der Waals surface area contributed by atoms with Gasteiger partial charge in [0.15, 0.2) is 0 Å².